The van der Waals surface area contributed by atoms with Crippen molar-refractivity contribution in [1.29, 1.82) is 0 Å². The Hall–Kier alpha value is -3.83. The van der Waals surface area contributed by atoms with Gasteiger partial charge in [-0.3, -0.25) is 9.59 Å². The van der Waals surface area contributed by atoms with Gasteiger partial charge in [0.1, 0.15) is 30.5 Å². The first-order chi connectivity index (χ1) is 16.7. The maximum Gasteiger partial charge on any atom is 0.408 e. The quantitative estimate of drug-likeness (QED) is 0.222. The molecule has 5 amide bonds. The summed E-state index contributed by atoms with van der Waals surface area (Å²) in [5.41, 5.74) is 4.60. The minimum absolute atomic E-state index is 0.0531. The lowest BCUT2D eigenvalue weighted by Gasteiger charge is -2.27. The highest BCUT2D eigenvalue weighted by Crippen LogP contribution is 2.08. The third-order valence-electron chi connectivity index (χ3n) is 4.50. The van der Waals surface area contributed by atoms with Crippen molar-refractivity contribution in [2.24, 2.45) is 11.7 Å². The third-order valence-corrected chi connectivity index (χ3v) is 4.50. The summed E-state index contributed by atoms with van der Waals surface area (Å²) in [5, 5.41) is 9.95. The summed E-state index contributed by atoms with van der Waals surface area (Å²) >= 11 is 0. The van der Waals surface area contributed by atoms with Crippen LogP contribution in [0.15, 0.2) is 30.3 Å². The number of benzene rings is 1. The fraction of sp³-hybridized carbons (Fsp3) is 0.542. The standard InChI is InChI=1S/C24H37N5O7/c1-14(2)12-18(29-22(33)26-15(3)19(25)30)28-20(31)17(27-23(34)36-24(4,5)6)13-35-21(32)16-10-8-7-9-11-16/h7-11,14-15,17-18H,12-13H2,1-6H3,(H2,25,30)(H,27,34)(H,28,31)(H2,26,29,33)/t15-,17-,18-/m0/s1. The zero-order chi connectivity index (χ0) is 27.5. The van der Waals surface area contributed by atoms with Gasteiger partial charge in [0, 0.05) is 0 Å². The fourth-order valence-corrected chi connectivity index (χ4v) is 2.81. The number of ether oxygens (including phenoxy) is 2. The molecular weight excluding hydrogens is 470 g/mol. The Morgan fingerprint density at radius 3 is 2.06 bits per heavy atom. The van der Waals surface area contributed by atoms with Crippen LogP contribution in [0.25, 0.3) is 0 Å². The molecule has 36 heavy (non-hydrogen) atoms. The van der Waals surface area contributed by atoms with Gasteiger partial charge in [-0.15, -0.1) is 0 Å². The predicted octanol–water partition coefficient (Wildman–Crippen LogP) is 1.40. The van der Waals surface area contributed by atoms with E-state index in [4.69, 9.17) is 15.2 Å². The Morgan fingerprint density at radius 1 is 0.917 bits per heavy atom. The minimum Gasteiger partial charge on any atom is -0.459 e. The molecule has 0 aliphatic heterocycles. The molecule has 0 saturated carbocycles. The van der Waals surface area contributed by atoms with Gasteiger partial charge in [0.25, 0.3) is 0 Å². The molecule has 3 atom stereocenters. The van der Waals surface area contributed by atoms with Gasteiger partial charge in [0.15, 0.2) is 0 Å². The largest absolute Gasteiger partial charge is 0.459 e. The van der Waals surface area contributed by atoms with Crippen LogP contribution < -0.4 is 27.0 Å². The molecule has 0 saturated heterocycles. The Balaban J connectivity index is 2.97. The summed E-state index contributed by atoms with van der Waals surface area (Å²) in [4.78, 5) is 61.3. The summed E-state index contributed by atoms with van der Waals surface area (Å²) in [6.45, 7) is 9.66. The number of alkyl carbamates (subject to hydrolysis) is 1. The van der Waals surface area contributed by atoms with E-state index in [-0.39, 0.29) is 11.5 Å². The molecule has 0 spiro atoms. The van der Waals surface area contributed by atoms with Crippen molar-refractivity contribution in [1.82, 2.24) is 21.3 Å². The molecule has 1 rings (SSSR count). The molecule has 0 heterocycles. The summed E-state index contributed by atoms with van der Waals surface area (Å²) < 4.78 is 10.5. The van der Waals surface area contributed by atoms with Crippen molar-refractivity contribution >= 4 is 29.9 Å². The van der Waals surface area contributed by atoms with E-state index in [2.05, 4.69) is 21.3 Å². The maximum atomic E-state index is 13.1. The number of nitrogens with two attached hydrogens (primary N) is 1. The summed E-state index contributed by atoms with van der Waals surface area (Å²) in [6, 6.07) is 5.17. The third kappa shape index (κ3) is 12.0. The molecule has 0 aliphatic rings. The highest BCUT2D eigenvalue weighted by Gasteiger charge is 2.28. The van der Waals surface area contributed by atoms with E-state index in [1.807, 2.05) is 13.8 Å². The Kier molecular flexibility index (Phi) is 11.7. The van der Waals surface area contributed by atoms with Gasteiger partial charge >= 0.3 is 18.1 Å². The second-order valence-electron chi connectivity index (χ2n) is 9.60. The van der Waals surface area contributed by atoms with Gasteiger partial charge in [-0.1, -0.05) is 32.0 Å². The zero-order valence-corrected chi connectivity index (χ0v) is 21.5. The van der Waals surface area contributed by atoms with Crippen LogP contribution in [0.2, 0.25) is 0 Å². The molecule has 0 aliphatic carbocycles. The lowest BCUT2D eigenvalue weighted by atomic mass is 10.1. The monoisotopic (exact) mass is 507 g/mol. The number of hydrogen-bond donors (Lipinski definition) is 5. The number of amides is 5. The number of urea groups is 1. The number of hydrogen-bond acceptors (Lipinski definition) is 7. The number of carbonyl (C=O) groups excluding carboxylic acids is 5. The SMILES string of the molecule is CC(C)C[C@H](NC(=O)N[C@@H](C)C(N)=O)NC(=O)[C@H](COC(=O)c1ccccc1)NC(=O)OC(C)(C)C. The number of primary amides is 1. The smallest absolute Gasteiger partial charge is 0.408 e. The van der Waals surface area contributed by atoms with E-state index in [1.54, 1.807) is 51.1 Å². The van der Waals surface area contributed by atoms with Gasteiger partial charge in [-0.2, -0.15) is 0 Å². The lowest BCUT2D eigenvalue weighted by Crippen LogP contribution is -2.59. The molecule has 0 fully saturated rings. The van der Waals surface area contributed by atoms with Gasteiger partial charge in [0.05, 0.1) is 5.56 Å². The van der Waals surface area contributed by atoms with E-state index in [9.17, 15) is 24.0 Å². The van der Waals surface area contributed by atoms with Crippen molar-refractivity contribution in [3.05, 3.63) is 35.9 Å². The van der Waals surface area contributed by atoms with Crippen molar-refractivity contribution in [2.45, 2.75) is 71.8 Å². The first-order valence-corrected chi connectivity index (χ1v) is 11.6. The Morgan fingerprint density at radius 2 is 1.53 bits per heavy atom. The van der Waals surface area contributed by atoms with Crippen LogP contribution in [0, 0.1) is 5.92 Å². The highest BCUT2D eigenvalue weighted by atomic mass is 16.6. The molecular formula is C24H37N5O7. The van der Waals surface area contributed by atoms with Crippen molar-refractivity contribution < 1.29 is 33.4 Å². The molecule has 0 bridgehead atoms. The summed E-state index contributed by atoms with van der Waals surface area (Å²) in [7, 11) is 0. The van der Waals surface area contributed by atoms with E-state index in [0.29, 0.717) is 6.42 Å². The van der Waals surface area contributed by atoms with Crippen LogP contribution in [0.5, 0.6) is 0 Å². The van der Waals surface area contributed by atoms with Crippen LogP contribution in [0.1, 0.15) is 58.3 Å². The second-order valence-corrected chi connectivity index (χ2v) is 9.60. The van der Waals surface area contributed by atoms with Crippen LogP contribution in [0.3, 0.4) is 0 Å². The summed E-state index contributed by atoms with van der Waals surface area (Å²) in [5.74, 6) is -2.08. The molecule has 0 radical (unpaired) electrons. The van der Waals surface area contributed by atoms with E-state index in [0.717, 1.165) is 0 Å². The van der Waals surface area contributed by atoms with E-state index >= 15 is 0 Å². The van der Waals surface area contributed by atoms with Crippen LogP contribution >= 0.6 is 0 Å². The second kappa shape index (κ2) is 13.9. The van der Waals surface area contributed by atoms with Gasteiger partial charge < -0.3 is 36.5 Å². The molecule has 1 aromatic carbocycles. The number of rotatable bonds is 11. The van der Waals surface area contributed by atoms with E-state index < -0.39 is 60.4 Å². The van der Waals surface area contributed by atoms with E-state index in [1.165, 1.54) is 6.92 Å². The first kappa shape index (κ1) is 30.2. The molecule has 12 heteroatoms. The number of esters is 1. The Labute approximate surface area is 211 Å². The average Bonchev–Trinajstić information content (AvgIpc) is 2.74. The van der Waals surface area contributed by atoms with Crippen molar-refractivity contribution in [2.75, 3.05) is 6.61 Å². The topological polar surface area (TPSA) is 178 Å². The molecule has 12 nitrogen and oxygen atoms in total. The van der Waals surface area contributed by atoms with Gasteiger partial charge in [-0.25, -0.2) is 14.4 Å². The first-order valence-electron chi connectivity index (χ1n) is 11.6. The predicted molar refractivity (Wildman–Crippen MR) is 132 cm³/mol. The zero-order valence-electron chi connectivity index (χ0n) is 21.5. The minimum atomic E-state index is -1.32. The number of carbonyl (C=O) groups is 5. The van der Waals surface area contributed by atoms with Gasteiger partial charge in [0.2, 0.25) is 11.8 Å². The molecule has 200 valence electrons. The van der Waals surface area contributed by atoms with Gasteiger partial charge in [-0.05, 0) is 52.2 Å². The number of nitrogens with one attached hydrogen (secondary N) is 4. The molecule has 0 aromatic heterocycles. The molecule has 1 aromatic rings. The van der Waals surface area contributed by atoms with Crippen molar-refractivity contribution in [3.63, 3.8) is 0 Å². The van der Waals surface area contributed by atoms with Crippen LogP contribution in [-0.2, 0) is 19.1 Å². The Bertz CT molecular complexity index is 915. The molecule has 0 unspecified atom stereocenters. The van der Waals surface area contributed by atoms with Crippen molar-refractivity contribution in [3.8, 4) is 0 Å². The van der Waals surface area contributed by atoms with Crippen LogP contribution in [-0.4, -0.2) is 60.4 Å². The molecule has 6 N–H and O–H groups in total. The van der Waals surface area contributed by atoms with Crippen LogP contribution in [0.4, 0.5) is 9.59 Å². The normalized spacial score (nSPS) is 13.5. The maximum absolute atomic E-state index is 13.1. The lowest BCUT2D eigenvalue weighted by molar-refractivity contribution is -0.125. The average molecular weight is 508 g/mol. The summed E-state index contributed by atoms with van der Waals surface area (Å²) in [6.07, 6.45) is -1.43. The fourth-order valence-electron chi connectivity index (χ4n) is 2.81. The highest BCUT2D eigenvalue weighted by molar-refractivity contribution is 5.91.